The molecule has 2 nitrogen and oxygen atoms in total. The van der Waals surface area contributed by atoms with Gasteiger partial charge in [-0.2, -0.15) is 11.8 Å². The molecule has 2 fully saturated rings. The molecule has 106 valence electrons. The summed E-state index contributed by atoms with van der Waals surface area (Å²) in [5.41, 5.74) is 0. The topological polar surface area (TPSA) is 15.3 Å². The molecular formula is C15H30N2S. The minimum atomic E-state index is 0.560. The molecule has 1 saturated heterocycles. The van der Waals surface area contributed by atoms with Crippen LogP contribution in [0.1, 0.15) is 46.5 Å². The number of nitrogens with zero attached hydrogens (tertiary/aromatic N) is 1. The zero-order valence-corrected chi connectivity index (χ0v) is 13.4. The third-order valence-electron chi connectivity index (χ3n) is 4.86. The second kappa shape index (κ2) is 6.15. The fourth-order valence-corrected chi connectivity index (χ4v) is 4.65. The monoisotopic (exact) mass is 270 g/mol. The molecule has 0 aromatic carbocycles. The van der Waals surface area contributed by atoms with Gasteiger partial charge >= 0.3 is 0 Å². The van der Waals surface area contributed by atoms with Gasteiger partial charge in [-0.3, -0.25) is 4.90 Å². The van der Waals surface area contributed by atoms with Crippen LogP contribution in [0.5, 0.6) is 0 Å². The molecule has 2 atom stereocenters. The highest BCUT2D eigenvalue weighted by atomic mass is 32.2. The van der Waals surface area contributed by atoms with Crippen LogP contribution in [0.3, 0.4) is 0 Å². The van der Waals surface area contributed by atoms with Gasteiger partial charge in [-0.25, -0.2) is 0 Å². The Bertz CT molecular complexity index is 261. The molecule has 2 rings (SSSR count). The SMILES string of the molecule is CSC1(CN2CC(C)NCC2C(C)C)CCCC1. The van der Waals surface area contributed by atoms with E-state index in [9.17, 15) is 0 Å². The van der Waals surface area contributed by atoms with E-state index >= 15 is 0 Å². The minimum absolute atomic E-state index is 0.560. The molecule has 0 aromatic rings. The minimum Gasteiger partial charge on any atom is -0.311 e. The number of rotatable bonds is 4. The van der Waals surface area contributed by atoms with Gasteiger partial charge in [0.25, 0.3) is 0 Å². The highest BCUT2D eigenvalue weighted by molar-refractivity contribution is 8.00. The van der Waals surface area contributed by atoms with Crippen LogP contribution in [0, 0.1) is 5.92 Å². The van der Waals surface area contributed by atoms with Crippen molar-refractivity contribution in [2.24, 2.45) is 5.92 Å². The van der Waals surface area contributed by atoms with Gasteiger partial charge in [-0.15, -0.1) is 0 Å². The van der Waals surface area contributed by atoms with Crippen LogP contribution < -0.4 is 5.32 Å². The van der Waals surface area contributed by atoms with Crippen molar-refractivity contribution in [2.45, 2.75) is 63.3 Å². The predicted octanol–water partition coefficient (Wildman–Crippen LogP) is 2.98. The lowest BCUT2D eigenvalue weighted by atomic mass is 9.96. The van der Waals surface area contributed by atoms with Gasteiger partial charge in [-0.1, -0.05) is 26.7 Å². The van der Waals surface area contributed by atoms with E-state index in [1.807, 2.05) is 0 Å². The van der Waals surface area contributed by atoms with Crippen molar-refractivity contribution >= 4 is 11.8 Å². The normalized spacial score (nSPS) is 33.2. The third-order valence-corrected chi connectivity index (χ3v) is 6.26. The number of hydrogen-bond donors (Lipinski definition) is 1. The van der Waals surface area contributed by atoms with Crippen molar-refractivity contribution in [1.29, 1.82) is 0 Å². The molecule has 3 heteroatoms. The summed E-state index contributed by atoms with van der Waals surface area (Å²) in [5.74, 6) is 0.755. The van der Waals surface area contributed by atoms with Crippen LogP contribution >= 0.6 is 11.8 Å². The van der Waals surface area contributed by atoms with Crippen LogP contribution in [0.15, 0.2) is 0 Å². The Labute approximate surface area is 117 Å². The summed E-state index contributed by atoms with van der Waals surface area (Å²) in [4.78, 5) is 2.79. The smallest absolute Gasteiger partial charge is 0.0284 e. The van der Waals surface area contributed by atoms with Crippen molar-refractivity contribution in [3.05, 3.63) is 0 Å². The summed E-state index contributed by atoms with van der Waals surface area (Å²) in [6, 6.07) is 1.38. The van der Waals surface area contributed by atoms with E-state index in [1.54, 1.807) is 0 Å². The van der Waals surface area contributed by atoms with Crippen molar-refractivity contribution in [2.75, 3.05) is 25.9 Å². The number of thioether (sulfide) groups is 1. The molecule has 1 heterocycles. The lowest BCUT2D eigenvalue weighted by Gasteiger charge is -2.45. The maximum atomic E-state index is 3.65. The van der Waals surface area contributed by atoms with Crippen LogP contribution in [-0.2, 0) is 0 Å². The van der Waals surface area contributed by atoms with Crippen LogP contribution in [-0.4, -0.2) is 47.6 Å². The Morgan fingerprint density at radius 2 is 2.00 bits per heavy atom. The molecular weight excluding hydrogens is 240 g/mol. The molecule has 0 spiro atoms. The van der Waals surface area contributed by atoms with E-state index in [2.05, 4.69) is 49.0 Å². The zero-order chi connectivity index (χ0) is 13.2. The molecule has 0 aromatic heterocycles. The third kappa shape index (κ3) is 3.23. The molecule has 1 aliphatic heterocycles. The maximum Gasteiger partial charge on any atom is 0.0284 e. The van der Waals surface area contributed by atoms with Gasteiger partial charge in [0.2, 0.25) is 0 Å². The van der Waals surface area contributed by atoms with E-state index in [0.29, 0.717) is 10.8 Å². The Morgan fingerprint density at radius 1 is 1.33 bits per heavy atom. The Kier molecular flexibility index (Phi) is 5.01. The van der Waals surface area contributed by atoms with Gasteiger partial charge in [0, 0.05) is 36.5 Å². The van der Waals surface area contributed by atoms with Crippen molar-refractivity contribution < 1.29 is 0 Å². The number of nitrogens with one attached hydrogen (secondary N) is 1. The van der Waals surface area contributed by atoms with E-state index in [0.717, 1.165) is 12.0 Å². The summed E-state index contributed by atoms with van der Waals surface area (Å²) >= 11 is 2.13. The largest absolute Gasteiger partial charge is 0.311 e. The second-order valence-corrected chi connectivity index (χ2v) is 7.92. The lowest BCUT2D eigenvalue weighted by Crippen LogP contribution is -2.59. The summed E-state index contributed by atoms with van der Waals surface area (Å²) < 4.78 is 0.560. The van der Waals surface area contributed by atoms with E-state index in [4.69, 9.17) is 0 Å². The summed E-state index contributed by atoms with van der Waals surface area (Å²) in [6.07, 6.45) is 8.06. The highest BCUT2D eigenvalue weighted by Gasteiger charge is 2.38. The fraction of sp³-hybridized carbons (Fsp3) is 1.00. The van der Waals surface area contributed by atoms with E-state index in [1.165, 1.54) is 45.3 Å². The second-order valence-electron chi connectivity index (χ2n) is 6.64. The Morgan fingerprint density at radius 3 is 2.56 bits per heavy atom. The zero-order valence-electron chi connectivity index (χ0n) is 12.5. The summed E-state index contributed by atoms with van der Waals surface area (Å²) in [6.45, 7) is 10.8. The number of piperazine rings is 1. The highest BCUT2D eigenvalue weighted by Crippen LogP contribution is 2.41. The van der Waals surface area contributed by atoms with Crippen molar-refractivity contribution in [3.63, 3.8) is 0 Å². The molecule has 1 aliphatic carbocycles. The quantitative estimate of drug-likeness (QED) is 0.845. The Balaban J connectivity index is 2.03. The molecule has 2 unspecified atom stereocenters. The standard InChI is InChI=1S/C15H30N2S/c1-12(2)14-9-16-13(3)10-17(14)11-15(18-4)7-5-6-8-15/h12-14,16H,5-11H2,1-4H3. The molecule has 0 bridgehead atoms. The summed E-state index contributed by atoms with van der Waals surface area (Å²) in [7, 11) is 0. The van der Waals surface area contributed by atoms with Gasteiger partial charge in [-0.05, 0) is 31.9 Å². The predicted molar refractivity (Wildman–Crippen MR) is 82.4 cm³/mol. The molecule has 0 amide bonds. The first kappa shape index (κ1) is 14.7. The summed E-state index contributed by atoms with van der Waals surface area (Å²) in [5, 5.41) is 3.65. The van der Waals surface area contributed by atoms with Gasteiger partial charge < -0.3 is 5.32 Å². The first-order chi connectivity index (χ1) is 8.56. The molecule has 0 radical (unpaired) electrons. The van der Waals surface area contributed by atoms with Gasteiger partial charge in [0.05, 0.1) is 0 Å². The van der Waals surface area contributed by atoms with E-state index in [-0.39, 0.29) is 0 Å². The average molecular weight is 270 g/mol. The van der Waals surface area contributed by atoms with Crippen LogP contribution in [0.4, 0.5) is 0 Å². The van der Waals surface area contributed by atoms with Gasteiger partial charge in [0.1, 0.15) is 0 Å². The van der Waals surface area contributed by atoms with Gasteiger partial charge in [0.15, 0.2) is 0 Å². The maximum absolute atomic E-state index is 3.65. The molecule has 1 saturated carbocycles. The first-order valence-electron chi connectivity index (χ1n) is 7.59. The molecule has 18 heavy (non-hydrogen) atoms. The van der Waals surface area contributed by atoms with E-state index < -0.39 is 0 Å². The lowest BCUT2D eigenvalue weighted by molar-refractivity contribution is 0.0922. The van der Waals surface area contributed by atoms with Crippen LogP contribution in [0.2, 0.25) is 0 Å². The van der Waals surface area contributed by atoms with Crippen LogP contribution in [0.25, 0.3) is 0 Å². The first-order valence-corrected chi connectivity index (χ1v) is 8.81. The average Bonchev–Trinajstić information content (AvgIpc) is 2.78. The Hall–Kier alpha value is 0.270. The fourth-order valence-electron chi connectivity index (χ4n) is 3.66. The molecule has 2 aliphatic rings. The number of hydrogen-bond acceptors (Lipinski definition) is 3. The molecule has 1 N–H and O–H groups in total. The van der Waals surface area contributed by atoms with Crippen molar-refractivity contribution in [3.8, 4) is 0 Å². The van der Waals surface area contributed by atoms with Crippen molar-refractivity contribution in [1.82, 2.24) is 10.2 Å².